The summed E-state index contributed by atoms with van der Waals surface area (Å²) < 4.78 is 23.9. The van der Waals surface area contributed by atoms with E-state index in [1.165, 1.54) is 0 Å². The van der Waals surface area contributed by atoms with Crippen LogP contribution in [0.2, 0.25) is 0 Å². The van der Waals surface area contributed by atoms with E-state index in [0.29, 0.717) is 55.2 Å². The number of carbonyl (C=O) groups is 4. The van der Waals surface area contributed by atoms with Gasteiger partial charge in [0, 0.05) is 53.4 Å². The van der Waals surface area contributed by atoms with Gasteiger partial charge in [-0.2, -0.15) is 0 Å². The number of nitrogens with one attached hydrogen (secondary N) is 2. The third-order valence-corrected chi connectivity index (χ3v) is 9.49. The second-order valence-electron chi connectivity index (χ2n) is 13.0. The number of alkyl halides is 1. The minimum atomic E-state index is -1.02. The molecule has 2 aliphatic rings. The molecule has 0 radical (unpaired) electrons. The molecule has 2 heterocycles. The molecule has 0 bridgehead atoms. The number of likely N-dealkylation sites (tertiary alicyclic amines) is 1. The van der Waals surface area contributed by atoms with E-state index < -0.39 is 37.0 Å². The zero-order valence-corrected chi connectivity index (χ0v) is 27.2. The number of carbonyl (C=O) groups excluding carboxylic acids is 4. The number of hydrogen-bond donors (Lipinski definition) is 3. The molecule has 2 aromatic carbocycles. The predicted molar refractivity (Wildman–Crippen MR) is 176 cm³/mol. The van der Waals surface area contributed by atoms with Crippen molar-refractivity contribution >= 4 is 40.3 Å². The second kappa shape index (κ2) is 15.1. The Hall–Kier alpha value is -4.25. The van der Waals surface area contributed by atoms with Crippen molar-refractivity contribution in [1.82, 2.24) is 9.88 Å². The van der Waals surface area contributed by atoms with E-state index in [0.717, 1.165) is 5.56 Å². The lowest BCUT2D eigenvalue weighted by Crippen LogP contribution is -2.48. The normalized spacial score (nSPS) is 22.6. The highest BCUT2D eigenvalue weighted by Gasteiger charge is 2.45. The summed E-state index contributed by atoms with van der Waals surface area (Å²) in [4.78, 5) is 57.4. The van der Waals surface area contributed by atoms with Crippen molar-refractivity contribution in [3.05, 3.63) is 65.9 Å². The van der Waals surface area contributed by atoms with Crippen LogP contribution in [0.15, 0.2) is 54.6 Å². The fourth-order valence-electron chi connectivity index (χ4n) is 6.78. The van der Waals surface area contributed by atoms with Gasteiger partial charge in [-0.05, 0) is 67.9 Å². The van der Waals surface area contributed by atoms with Crippen molar-refractivity contribution in [1.29, 1.82) is 0 Å². The number of aromatic amines is 1. The van der Waals surface area contributed by atoms with Crippen molar-refractivity contribution in [2.45, 2.75) is 83.6 Å². The van der Waals surface area contributed by atoms with Gasteiger partial charge in [-0.1, -0.05) is 51.1 Å². The third-order valence-electron chi connectivity index (χ3n) is 9.49. The van der Waals surface area contributed by atoms with Crippen LogP contribution in [0.1, 0.15) is 81.3 Å². The number of anilines is 1. The standard InChI is InChI=1S/C36H45FN4O6/c1-4-31(42)46-36(21(2)3)47-35(45)30-19-25-18-26(14-15-29(25)40-30)39-33(43)32-27(22-8-6-5-7-9-22)16-17-41(32)34(44)24-12-10-23(11-13-24)28(38)20-37/h5-9,14-15,18-19,21,23-24,27-28,32,36,40H,4,10-13,16-17,20,38H2,1-3H3,(H,39,43)/t23-,24-,27-,28-,32+,36?/m1/s1. The monoisotopic (exact) mass is 648 g/mol. The maximum absolute atomic E-state index is 14.0. The van der Waals surface area contributed by atoms with E-state index in [1.54, 1.807) is 49.9 Å². The van der Waals surface area contributed by atoms with Gasteiger partial charge in [0.05, 0.1) is 0 Å². The first-order valence-corrected chi connectivity index (χ1v) is 16.6. The highest BCUT2D eigenvalue weighted by atomic mass is 19.1. The van der Waals surface area contributed by atoms with E-state index in [-0.39, 0.29) is 47.6 Å². The number of halogens is 1. The molecule has 11 heteroatoms. The summed E-state index contributed by atoms with van der Waals surface area (Å²) in [6.45, 7) is 5.15. The van der Waals surface area contributed by atoms with E-state index in [2.05, 4.69) is 10.3 Å². The SMILES string of the molecule is CCC(=O)OC(OC(=O)c1cc2cc(NC(=O)[C@@H]3[C@@H](c4ccccc4)CCN3C(=O)[C@H]3CC[C@H]([C@H](N)CF)CC3)ccc2[nH]1)C(C)C. The number of aromatic nitrogens is 1. The van der Waals surface area contributed by atoms with E-state index in [1.807, 2.05) is 30.3 Å². The Morgan fingerprint density at radius 3 is 2.38 bits per heavy atom. The van der Waals surface area contributed by atoms with Crippen LogP contribution in [0.25, 0.3) is 10.9 Å². The Morgan fingerprint density at radius 1 is 1.00 bits per heavy atom. The van der Waals surface area contributed by atoms with Crippen molar-refractivity contribution < 1.29 is 33.0 Å². The predicted octanol–water partition coefficient (Wildman–Crippen LogP) is 5.69. The molecular formula is C36H45FN4O6. The first-order valence-electron chi connectivity index (χ1n) is 16.6. The molecule has 0 spiro atoms. The number of benzene rings is 2. The molecule has 1 aromatic heterocycles. The zero-order valence-electron chi connectivity index (χ0n) is 27.2. The summed E-state index contributed by atoms with van der Waals surface area (Å²) in [6, 6.07) is 15.4. The van der Waals surface area contributed by atoms with Crippen molar-refractivity contribution in [2.75, 3.05) is 18.5 Å². The van der Waals surface area contributed by atoms with Crippen LogP contribution in [0.3, 0.4) is 0 Å². The summed E-state index contributed by atoms with van der Waals surface area (Å²) >= 11 is 0. The molecule has 47 heavy (non-hydrogen) atoms. The third kappa shape index (κ3) is 7.84. The summed E-state index contributed by atoms with van der Waals surface area (Å²) in [5, 5.41) is 3.70. The van der Waals surface area contributed by atoms with Crippen molar-refractivity contribution in [3.63, 3.8) is 0 Å². The highest BCUT2D eigenvalue weighted by molar-refractivity contribution is 6.01. The zero-order chi connectivity index (χ0) is 33.7. The van der Waals surface area contributed by atoms with Gasteiger partial charge in [0.1, 0.15) is 18.4 Å². The molecule has 10 nitrogen and oxygen atoms in total. The number of ether oxygens (including phenoxy) is 2. The molecule has 252 valence electrons. The van der Waals surface area contributed by atoms with Crippen LogP contribution >= 0.6 is 0 Å². The van der Waals surface area contributed by atoms with Crippen molar-refractivity contribution in [3.8, 4) is 0 Å². The molecule has 4 atom stereocenters. The van der Waals surface area contributed by atoms with Gasteiger partial charge in [-0.25, -0.2) is 9.18 Å². The van der Waals surface area contributed by atoms with Crippen LogP contribution in [0.5, 0.6) is 0 Å². The fraction of sp³-hybridized carbons (Fsp3) is 0.500. The Kier molecular flexibility index (Phi) is 11.0. The van der Waals surface area contributed by atoms with Gasteiger partial charge in [-0.3, -0.25) is 14.4 Å². The first-order chi connectivity index (χ1) is 22.6. The quantitative estimate of drug-likeness (QED) is 0.179. The number of amides is 2. The molecule has 2 amide bonds. The van der Waals surface area contributed by atoms with E-state index >= 15 is 0 Å². The van der Waals surface area contributed by atoms with Gasteiger partial charge in [0.15, 0.2) is 0 Å². The number of rotatable bonds is 11. The van der Waals surface area contributed by atoms with Crippen LogP contribution < -0.4 is 11.1 Å². The molecule has 1 unspecified atom stereocenters. The number of fused-ring (bicyclic) bond motifs is 1. The summed E-state index contributed by atoms with van der Waals surface area (Å²) in [5.74, 6) is -2.02. The van der Waals surface area contributed by atoms with Gasteiger partial charge >= 0.3 is 11.9 Å². The second-order valence-corrected chi connectivity index (χ2v) is 13.0. The largest absolute Gasteiger partial charge is 0.425 e. The van der Waals surface area contributed by atoms with Crippen LogP contribution in [-0.2, 0) is 23.9 Å². The number of nitrogens with zero attached hydrogens (tertiary/aromatic N) is 1. The summed E-state index contributed by atoms with van der Waals surface area (Å²) in [5.41, 5.74) is 8.30. The first kappa shape index (κ1) is 34.1. The molecule has 1 aliphatic heterocycles. The van der Waals surface area contributed by atoms with Crippen LogP contribution in [0, 0.1) is 17.8 Å². The van der Waals surface area contributed by atoms with Gasteiger partial charge in [0.2, 0.25) is 18.1 Å². The highest BCUT2D eigenvalue weighted by Crippen LogP contribution is 2.38. The topological polar surface area (TPSA) is 144 Å². The molecule has 3 aromatic rings. The number of esters is 2. The minimum absolute atomic E-state index is 0.0376. The molecular weight excluding hydrogens is 603 g/mol. The smallest absolute Gasteiger partial charge is 0.357 e. The van der Waals surface area contributed by atoms with Gasteiger partial charge in [-0.15, -0.1) is 0 Å². The maximum Gasteiger partial charge on any atom is 0.357 e. The van der Waals surface area contributed by atoms with Crippen LogP contribution in [-0.4, -0.2) is 65.2 Å². The molecule has 4 N–H and O–H groups in total. The lowest BCUT2D eigenvalue weighted by atomic mass is 9.78. The molecule has 1 aliphatic carbocycles. The van der Waals surface area contributed by atoms with E-state index in [4.69, 9.17) is 15.2 Å². The lowest BCUT2D eigenvalue weighted by Gasteiger charge is -2.35. The number of nitrogens with two attached hydrogens (primary N) is 1. The molecule has 5 rings (SSSR count). The van der Waals surface area contributed by atoms with Crippen LogP contribution in [0.4, 0.5) is 10.1 Å². The Bertz CT molecular complexity index is 1570. The van der Waals surface area contributed by atoms with Gasteiger partial charge < -0.3 is 30.4 Å². The Morgan fingerprint density at radius 2 is 1.72 bits per heavy atom. The van der Waals surface area contributed by atoms with Crippen molar-refractivity contribution in [2.24, 2.45) is 23.5 Å². The van der Waals surface area contributed by atoms with Gasteiger partial charge in [0.25, 0.3) is 0 Å². The van der Waals surface area contributed by atoms with E-state index in [9.17, 15) is 23.6 Å². The average molecular weight is 649 g/mol. The number of H-pyrrole nitrogens is 1. The minimum Gasteiger partial charge on any atom is -0.425 e. The molecule has 2 fully saturated rings. The lowest BCUT2D eigenvalue weighted by molar-refractivity contribution is -0.175. The Balaban J connectivity index is 1.32. The summed E-state index contributed by atoms with van der Waals surface area (Å²) in [7, 11) is 0. The summed E-state index contributed by atoms with van der Waals surface area (Å²) in [6.07, 6.45) is 2.46. The molecule has 1 saturated heterocycles. The number of hydrogen-bond acceptors (Lipinski definition) is 7. The molecule has 1 saturated carbocycles. The Labute approximate surface area is 274 Å². The average Bonchev–Trinajstić information content (AvgIpc) is 3.72. The maximum atomic E-state index is 14.0. The fourth-order valence-corrected chi connectivity index (χ4v) is 6.78.